The molecule has 8 nitrogen and oxygen atoms in total. The highest BCUT2D eigenvalue weighted by Gasteiger charge is 2.30. The fourth-order valence-electron chi connectivity index (χ4n) is 2.94. The van der Waals surface area contributed by atoms with Crippen LogP contribution in [0.15, 0.2) is 70.3 Å². The van der Waals surface area contributed by atoms with Crippen molar-refractivity contribution in [3.05, 3.63) is 71.8 Å². The van der Waals surface area contributed by atoms with Gasteiger partial charge in [-0.15, -0.1) is 11.3 Å². The fourth-order valence-corrected chi connectivity index (χ4v) is 4.44. The first kappa shape index (κ1) is 24.1. The normalized spacial score (nSPS) is 12.4. The monoisotopic (exact) mass is 495 g/mol. The molecule has 0 radical (unpaired) electrons. The minimum atomic E-state index is -0.900. The Bertz CT molecular complexity index is 1250. The Labute approximate surface area is 206 Å². The lowest BCUT2D eigenvalue weighted by molar-refractivity contribution is 0.00414. The summed E-state index contributed by atoms with van der Waals surface area (Å²) in [7, 11) is 0. The number of nitrogens with zero attached hydrogens (tertiary/aromatic N) is 4. The number of ether oxygens (including phenoxy) is 1. The maximum absolute atomic E-state index is 10.6. The van der Waals surface area contributed by atoms with Crippen LogP contribution in [0.1, 0.15) is 31.3 Å². The van der Waals surface area contributed by atoms with E-state index in [1.807, 2.05) is 43.3 Å². The summed E-state index contributed by atoms with van der Waals surface area (Å²) in [6.45, 7) is 5.28. The van der Waals surface area contributed by atoms with Gasteiger partial charge in [0.05, 0.1) is 18.0 Å². The summed E-state index contributed by atoms with van der Waals surface area (Å²) in [6.07, 6.45) is 4.30. The Morgan fingerprint density at radius 3 is 2.68 bits per heavy atom. The lowest BCUT2D eigenvalue weighted by atomic mass is 9.86. The summed E-state index contributed by atoms with van der Waals surface area (Å²) in [4.78, 5) is 18.6. The summed E-state index contributed by atoms with van der Waals surface area (Å²) in [6, 6.07) is 11.3. The summed E-state index contributed by atoms with van der Waals surface area (Å²) < 4.78 is 6.19. The maximum Gasteiger partial charge on any atom is 0.188 e. The van der Waals surface area contributed by atoms with Gasteiger partial charge in [-0.1, -0.05) is 31.7 Å². The highest BCUT2D eigenvalue weighted by atomic mass is 32.2. The second-order valence-electron chi connectivity index (χ2n) is 8.23. The van der Waals surface area contributed by atoms with E-state index in [0.29, 0.717) is 28.1 Å². The number of rotatable bonds is 9. The van der Waals surface area contributed by atoms with Gasteiger partial charge >= 0.3 is 0 Å². The number of aryl methyl sites for hydroxylation is 1. The van der Waals surface area contributed by atoms with Crippen molar-refractivity contribution < 1.29 is 14.9 Å². The van der Waals surface area contributed by atoms with E-state index in [9.17, 15) is 10.2 Å². The van der Waals surface area contributed by atoms with Crippen molar-refractivity contribution >= 4 is 34.0 Å². The van der Waals surface area contributed by atoms with E-state index in [0.717, 1.165) is 15.6 Å². The van der Waals surface area contributed by atoms with Crippen LogP contribution in [0.2, 0.25) is 0 Å². The van der Waals surface area contributed by atoms with Gasteiger partial charge in [-0.2, -0.15) is 0 Å². The highest BCUT2D eigenvalue weighted by Crippen LogP contribution is 2.38. The number of aliphatic hydroxyl groups is 2. The Kier molecular flexibility index (Phi) is 7.42. The molecular formula is C24H25N5O3S2. The maximum atomic E-state index is 10.6. The van der Waals surface area contributed by atoms with Crippen LogP contribution in [0.3, 0.4) is 0 Å². The number of aromatic nitrogens is 4. The molecule has 4 rings (SSSR count). The van der Waals surface area contributed by atoms with Crippen LogP contribution in [0, 0.1) is 12.3 Å². The van der Waals surface area contributed by atoms with Crippen LogP contribution in [-0.4, -0.2) is 36.8 Å². The molecule has 4 aromatic rings. The third kappa shape index (κ3) is 5.71. The number of anilines is 2. The zero-order valence-electron chi connectivity index (χ0n) is 19.0. The molecule has 0 aliphatic rings. The van der Waals surface area contributed by atoms with Crippen LogP contribution in [0.4, 0.5) is 10.9 Å². The molecule has 176 valence electrons. The molecule has 1 unspecified atom stereocenters. The number of aliphatic hydroxyl groups excluding tert-OH is 2. The molecule has 0 bridgehead atoms. The number of thiazole rings is 1. The smallest absolute Gasteiger partial charge is 0.188 e. The van der Waals surface area contributed by atoms with Crippen molar-refractivity contribution in [2.45, 2.75) is 36.8 Å². The molecule has 0 aromatic carbocycles. The molecule has 1 atom stereocenters. The molecule has 4 heterocycles. The Morgan fingerprint density at radius 2 is 1.94 bits per heavy atom. The number of pyridine rings is 3. The van der Waals surface area contributed by atoms with Gasteiger partial charge in [0.1, 0.15) is 16.9 Å². The Hall–Kier alpha value is -3.05. The van der Waals surface area contributed by atoms with Gasteiger partial charge in [0.15, 0.2) is 16.7 Å². The molecule has 0 aliphatic heterocycles. The number of hydrogen-bond donors (Lipinski definition) is 3. The number of hydrogen-bond acceptors (Lipinski definition) is 10. The van der Waals surface area contributed by atoms with Crippen LogP contribution < -0.4 is 10.1 Å². The highest BCUT2D eigenvalue weighted by molar-refractivity contribution is 7.99. The third-order valence-corrected chi connectivity index (χ3v) is 6.73. The van der Waals surface area contributed by atoms with Crippen molar-refractivity contribution in [1.82, 2.24) is 19.9 Å². The summed E-state index contributed by atoms with van der Waals surface area (Å²) in [5.74, 6) is 1.60. The first-order valence-electron chi connectivity index (χ1n) is 10.6. The van der Waals surface area contributed by atoms with Gasteiger partial charge in [0.25, 0.3) is 0 Å². The minimum absolute atomic E-state index is 0.159. The predicted octanol–water partition coefficient (Wildman–Crippen LogP) is 5.38. The molecule has 0 spiro atoms. The van der Waals surface area contributed by atoms with Gasteiger partial charge in [0.2, 0.25) is 0 Å². The Morgan fingerprint density at radius 1 is 1.12 bits per heavy atom. The molecule has 0 aliphatic carbocycles. The molecule has 10 heteroatoms. The lowest BCUT2D eigenvalue weighted by Crippen LogP contribution is -2.26. The standard InChI is InChI=1S/C24H25N5O3S2/c1-15-18(7-6-10-25-15)32-19-11-16(34-20-8-4-5-9-26-20)12-27-22(19)29-23-28-17(13-33-23)21(31)24(2,3)14-30/h4-13,21,30-31H,14H2,1-3H3,(H,27,28,29). The topological polar surface area (TPSA) is 113 Å². The predicted molar refractivity (Wildman–Crippen MR) is 133 cm³/mol. The van der Waals surface area contributed by atoms with E-state index >= 15 is 0 Å². The quantitative estimate of drug-likeness (QED) is 0.282. The van der Waals surface area contributed by atoms with E-state index in [-0.39, 0.29) is 6.61 Å². The second-order valence-corrected chi connectivity index (χ2v) is 10.2. The summed E-state index contributed by atoms with van der Waals surface area (Å²) in [5, 5.41) is 26.5. The van der Waals surface area contributed by atoms with E-state index in [1.54, 1.807) is 37.8 Å². The van der Waals surface area contributed by atoms with Crippen molar-refractivity contribution in [3.63, 3.8) is 0 Å². The molecule has 0 saturated carbocycles. The van der Waals surface area contributed by atoms with Gasteiger partial charge in [-0.3, -0.25) is 4.98 Å². The van der Waals surface area contributed by atoms with Gasteiger partial charge in [0, 0.05) is 40.3 Å². The molecule has 0 amide bonds. The lowest BCUT2D eigenvalue weighted by Gasteiger charge is -2.26. The van der Waals surface area contributed by atoms with Crippen molar-refractivity contribution in [2.75, 3.05) is 11.9 Å². The number of nitrogens with one attached hydrogen (secondary N) is 1. The van der Waals surface area contributed by atoms with Gasteiger partial charge in [-0.05, 0) is 31.2 Å². The van der Waals surface area contributed by atoms with Crippen LogP contribution in [0.5, 0.6) is 11.5 Å². The molecule has 4 aromatic heterocycles. The summed E-state index contributed by atoms with van der Waals surface area (Å²) in [5.41, 5.74) is 0.529. The van der Waals surface area contributed by atoms with E-state index in [4.69, 9.17) is 4.74 Å². The molecule has 3 N–H and O–H groups in total. The van der Waals surface area contributed by atoms with Crippen LogP contribution in [0.25, 0.3) is 0 Å². The van der Waals surface area contributed by atoms with Crippen LogP contribution >= 0.6 is 23.1 Å². The molecule has 34 heavy (non-hydrogen) atoms. The molecule has 0 saturated heterocycles. The minimum Gasteiger partial charge on any atom is -0.452 e. The van der Waals surface area contributed by atoms with Crippen molar-refractivity contribution in [3.8, 4) is 11.5 Å². The molecule has 0 fully saturated rings. The van der Waals surface area contributed by atoms with E-state index in [1.165, 1.54) is 23.1 Å². The Balaban J connectivity index is 1.63. The zero-order chi connectivity index (χ0) is 24.1. The average molecular weight is 496 g/mol. The van der Waals surface area contributed by atoms with Crippen LogP contribution in [-0.2, 0) is 0 Å². The largest absolute Gasteiger partial charge is 0.452 e. The summed E-state index contributed by atoms with van der Waals surface area (Å²) >= 11 is 2.82. The SMILES string of the molecule is Cc1ncccc1Oc1cc(Sc2ccccn2)cnc1Nc1nc(C(O)C(C)(C)CO)cs1. The average Bonchev–Trinajstić information content (AvgIpc) is 3.30. The van der Waals surface area contributed by atoms with E-state index < -0.39 is 11.5 Å². The van der Waals surface area contributed by atoms with Crippen molar-refractivity contribution in [1.29, 1.82) is 0 Å². The van der Waals surface area contributed by atoms with Gasteiger partial charge in [-0.25, -0.2) is 15.0 Å². The fraction of sp³-hybridized carbons (Fsp3) is 0.250. The van der Waals surface area contributed by atoms with Gasteiger partial charge < -0.3 is 20.3 Å². The first-order valence-corrected chi connectivity index (χ1v) is 12.2. The van der Waals surface area contributed by atoms with E-state index in [2.05, 4.69) is 25.3 Å². The third-order valence-electron chi connectivity index (χ3n) is 5.04. The zero-order valence-corrected chi connectivity index (χ0v) is 20.6. The second kappa shape index (κ2) is 10.5. The van der Waals surface area contributed by atoms with Crippen molar-refractivity contribution in [2.24, 2.45) is 5.41 Å². The molecular weight excluding hydrogens is 470 g/mol. The first-order chi connectivity index (χ1) is 16.4.